The number of carbonyl (C=O) groups excluding carboxylic acids is 1. The van der Waals surface area contributed by atoms with Gasteiger partial charge >= 0.3 is 0 Å². The summed E-state index contributed by atoms with van der Waals surface area (Å²) >= 11 is 0. The number of rotatable bonds is 5. The molecule has 0 spiro atoms. The van der Waals surface area contributed by atoms with Gasteiger partial charge in [-0.05, 0) is 43.2 Å². The van der Waals surface area contributed by atoms with Gasteiger partial charge in [-0.25, -0.2) is 0 Å². The van der Waals surface area contributed by atoms with E-state index in [1.165, 1.54) is 16.8 Å². The number of benzene rings is 1. The van der Waals surface area contributed by atoms with Crippen molar-refractivity contribution in [3.05, 3.63) is 59.7 Å². The second-order valence-corrected chi connectivity index (χ2v) is 7.32. The quantitative estimate of drug-likeness (QED) is 0.665. The number of piperazine rings is 1. The van der Waals surface area contributed by atoms with E-state index in [1.807, 2.05) is 17.0 Å². The summed E-state index contributed by atoms with van der Waals surface area (Å²) in [6.45, 7) is 7.46. The van der Waals surface area contributed by atoms with Crippen molar-refractivity contribution in [1.82, 2.24) is 20.1 Å². The van der Waals surface area contributed by atoms with E-state index in [4.69, 9.17) is 4.42 Å². The van der Waals surface area contributed by atoms with Crippen LogP contribution in [0.2, 0.25) is 0 Å². The monoisotopic (exact) mass is 391 g/mol. The second-order valence-electron chi connectivity index (χ2n) is 7.32. The molecule has 0 atom stereocenters. The molecule has 0 unspecified atom stereocenters. The summed E-state index contributed by atoms with van der Waals surface area (Å²) in [6.07, 6.45) is 4.19. The molecule has 0 aliphatic carbocycles. The number of hydrogen-bond donors (Lipinski definition) is 0. The van der Waals surface area contributed by atoms with E-state index in [9.17, 15) is 4.79 Å². The highest BCUT2D eigenvalue weighted by molar-refractivity contribution is 5.76. The Bertz CT molecular complexity index is 978. The molecular weight excluding hydrogens is 366 g/mol. The van der Waals surface area contributed by atoms with Crippen molar-refractivity contribution < 1.29 is 9.21 Å². The summed E-state index contributed by atoms with van der Waals surface area (Å²) < 4.78 is 5.68. The van der Waals surface area contributed by atoms with Gasteiger partial charge in [0.1, 0.15) is 0 Å². The molecule has 1 aliphatic heterocycles. The molecule has 1 aliphatic rings. The molecule has 3 aromatic rings. The maximum absolute atomic E-state index is 12.6. The van der Waals surface area contributed by atoms with Crippen LogP contribution in [0, 0.1) is 13.8 Å². The largest absolute Gasteiger partial charge is 0.421 e. The fraction of sp³-hybridized carbons (Fsp3) is 0.364. The third kappa shape index (κ3) is 4.29. The fourth-order valence-corrected chi connectivity index (χ4v) is 3.61. The maximum Gasteiger partial charge on any atom is 0.247 e. The Balaban J connectivity index is 1.29. The number of carbonyl (C=O) groups is 1. The molecule has 1 fully saturated rings. The van der Waals surface area contributed by atoms with Crippen LogP contribution in [0.4, 0.5) is 5.69 Å². The van der Waals surface area contributed by atoms with Gasteiger partial charge in [-0.15, -0.1) is 10.2 Å². The van der Waals surface area contributed by atoms with Crippen LogP contribution in [0.15, 0.2) is 47.1 Å². The number of pyridine rings is 1. The van der Waals surface area contributed by atoms with Crippen molar-refractivity contribution in [2.75, 3.05) is 31.1 Å². The Kier molecular flexibility index (Phi) is 5.55. The Labute approximate surface area is 170 Å². The highest BCUT2D eigenvalue weighted by Crippen LogP contribution is 2.24. The van der Waals surface area contributed by atoms with Crippen molar-refractivity contribution in [2.24, 2.45) is 0 Å². The van der Waals surface area contributed by atoms with Gasteiger partial charge in [-0.1, -0.05) is 12.1 Å². The predicted octanol–water partition coefficient (Wildman–Crippen LogP) is 3.03. The fourth-order valence-electron chi connectivity index (χ4n) is 3.61. The van der Waals surface area contributed by atoms with E-state index in [0.29, 0.717) is 24.6 Å². The number of hydrogen-bond acceptors (Lipinski definition) is 6. The smallest absolute Gasteiger partial charge is 0.247 e. The first kappa shape index (κ1) is 19.1. The molecule has 1 aromatic carbocycles. The van der Waals surface area contributed by atoms with Gasteiger partial charge < -0.3 is 14.2 Å². The molecule has 0 radical (unpaired) electrons. The lowest BCUT2D eigenvalue weighted by Gasteiger charge is -2.37. The molecule has 150 valence electrons. The number of anilines is 1. The van der Waals surface area contributed by atoms with Crippen molar-refractivity contribution in [3.63, 3.8) is 0 Å². The Morgan fingerprint density at radius 1 is 1.03 bits per heavy atom. The van der Waals surface area contributed by atoms with Crippen LogP contribution in [0.1, 0.15) is 23.4 Å². The minimum Gasteiger partial charge on any atom is -0.421 e. The third-order valence-electron chi connectivity index (χ3n) is 5.50. The van der Waals surface area contributed by atoms with Gasteiger partial charge in [0.15, 0.2) is 0 Å². The van der Waals surface area contributed by atoms with Crippen LogP contribution in [0.3, 0.4) is 0 Å². The summed E-state index contributed by atoms with van der Waals surface area (Å²) in [5, 5.41) is 8.12. The van der Waals surface area contributed by atoms with Crippen LogP contribution in [0.5, 0.6) is 0 Å². The lowest BCUT2D eigenvalue weighted by atomic mass is 10.1. The summed E-state index contributed by atoms with van der Waals surface area (Å²) in [6, 6.07) is 10.0. The lowest BCUT2D eigenvalue weighted by molar-refractivity contribution is -0.131. The van der Waals surface area contributed by atoms with Gasteiger partial charge in [0, 0.05) is 62.7 Å². The van der Waals surface area contributed by atoms with Crippen LogP contribution >= 0.6 is 0 Å². The number of aromatic nitrogens is 3. The van der Waals surface area contributed by atoms with Gasteiger partial charge in [0.05, 0.1) is 0 Å². The zero-order valence-electron chi connectivity index (χ0n) is 16.8. The first-order valence-corrected chi connectivity index (χ1v) is 9.93. The summed E-state index contributed by atoms with van der Waals surface area (Å²) in [7, 11) is 0. The molecule has 0 N–H and O–H groups in total. The van der Waals surface area contributed by atoms with E-state index < -0.39 is 0 Å². The Morgan fingerprint density at radius 3 is 2.55 bits per heavy atom. The third-order valence-corrected chi connectivity index (χ3v) is 5.50. The van der Waals surface area contributed by atoms with Gasteiger partial charge in [0.25, 0.3) is 0 Å². The van der Waals surface area contributed by atoms with Crippen LogP contribution in [-0.4, -0.2) is 52.2 Å². The van der Waals surface area contributed by atoms with E-state index in [-0.39, 0.29) is 5.91 Å². The van der Waals surface area contributed by atoms with E-state index in [2.05, 4.69) is 52.1 Å². The minimum atomic E-state index is 0.134. The number of amides is 1. The highest BCUT2D eigenvalue weighted by atomic mass is 16.4. The summed E-state index contributed by atoms with van der Waals surface area (Å²) in [5.74, 6) is 1.07. The second kappa shape index (κ2) is 8.43. The average molecular weight is 391 g/mol. The van der Waals surface area contributed by atoms with E-state index in [1.54, 1.807) is 12.4 Å². The molecule has 0 saturated carbocycles. The van der Waals surface area contributed by atoms with Gasteiger partial charge in [0.2, 0.25) is 17.7 Å². The standard InChI is InChI=1S/C22H25N5O2/c1-16-4-3-5-19(17(16)2)26-12-14-27(15-13-26)21(28)7-6-20-24-25-22(29-20)18-8-10-23-11-9-18/h3-5,8-11H,6-7,12-15H2,1-2H3. The molecule has 7 nitrogen and oxygen atoms in total. The molecular formula is C22H25N5O2. The van der Waals surface area contributed by atoms with Gasteiger partial charge in [-0.3, -0.25) is 9.78 Å². The molecule has 1 amide bonds. The molecule has 3 heterocycles. The van der Waals surface area contributed by atoms with Gasteiger partial charge in [-0.2, -0.15) is 0 Å². The van der Waals surface area contributed by atoms with Crippen LogP contribution < -0.4 is 4.90 Å². The molecule has 2 aromatic heterocycles. The van der Waals surface area contributed by atoms with Crippen LogP contribution in [0.25, 0.3) is 11.5 Å². The Hall–Kier alpha value is -3.22. The van der Waals surface area contributed by atoms with Crippen molar-refractivity contribution >= 4 is 11.6 Å². The predicted molar refractivity (Wildman–Crippen MR) is 111 cm³/mol. The zero-order chi connectivity index (χ0) is 20.2. The summed E-state index contributed by atoms with van der Waals surface area (Å²) in [5.41, 5.74) is 4.71. The first-order chi connectivity index (χ1) is 14.1. The topological polar surface area (TPSA) is 75.4 Å². The molecule has 1 saturated heterocycles. The van der Waals surface area contributed by atoms with Crippen molar-refractivity contribution in [1.29, 1.82) is 0 Å². The van der Waals surface area contributed by atoms with Crippen molar-refractivity contribution in [2.45, 2.75) is 26.7 Å². The Morgan fingerprint density at radius 2 is 1.79 bits per heavy atom. The molecule has 4 rings (SSSR count). The van der Waals surface area contributed by atoms with E-state index in [0.717, 1.165) is 31.7 Å². The molecule has 7 heteroatoms. The SMILES string of the molecule is Cc1cccc(N2CCN(C(=O)CCc3nnc(-c4ccncc4)o3)CC2)c1C. The zero-order valence-corrected chi connectivity index (χ0v) is 16.8. The maximum atomic E-state index is 12.6. The summed E-state index contributed by atoms with van der Waals surface area (Å²) in [4.78, 5) is 20.9. The highest BCUT2D eigenvalue weighted by Gasteiger charge is 2.22. The molecule has 0 bridgehead atoms. The minimum absolute atomic E-state index is 0.134. The number of aryl methyl sites for hydroxylation is 2. The first-order valence-electron chi connectivity index (χ1n) is 9.93. The van der Waals surface area contributed by atoms with Crippen molar-refractivity contribution in [3.8, 4) is 11.5 Å². The van der Waals surface area contributed by atoms with E-state index >= 15 is 0 Å². The molecule has 29 heavy (non-hydrogen) atoms. The lowest BCUT2D eigenvalue weighted by Crippen LogP contribution is -2.49. The average Bonchev–Trinajstić information content (AvgIpc) is 3.24. The normalized spacial score (nSPS) is 14.3. The number of nitrogens with zero attached hydrogens (tertiary/aromatic N) is 5. The van der Waals surface area contributed by atoms with Crippen LogP contribution in [-0.2, 0) is 11.2 Å².